The fourth-order valence-corrected chi connectivity index (χ4v) is 5.83. The van der Waals surface area contributed by atoms with Gasteiger partial charge in [0.05, 0.1) is 11.4 Å². The molecule has 6 amide bonds. The van der Waals surface area contributed by atoms with Crippen molar-refractivity contribution in [2.24, 2.45) is 0 Å². The molecule has 0 aliphatic carbocycles. The molecule has 0 atom stereocenters. The van der Waals surface area contributed by atoms with Gasteiger partial charge in [0.1, 0.15) is 11.1 Å². The van der Waals surface area contributed by atoms with Crippen molar-refractivity contribution in [2.45, 2.75) is 0 Å². The molecular weight excluding hydrogens is 759 g/mol. The monoisotopic (exact) mass is 787 g/mol. The van der Waals surface area contributed by atoms with Gasteiger partial charge in [-0.05, 0) is 96.1 Å². The molecule has 2 aromatic carbocycles. The van der Waals surface area contributed by atoms with Gasteiger partial charge in [0.25, 0.3) is 29.2 Å². The third kappa shape index (κ3) is 8.53. The van der Waals surface area contributed by atoms with E-state index in [9.17, 15) is 38.7 Å². The number of hydrogen-bond donors (Lipinski definition) is 5. The lowest BCUT2D eigenvalue weighted by molar-refractivity contribution is -0.122. The van der Waals surface area contributed by atoms with E-state index < -0.39 is 52.4 Å². The number of barbiturate groups is 1. The van der Waals surface area contributed by atoms with Gasteiger partial charge in [-0.25, -0.2) is 19.1 Å². The predicted octanol–water partition coefficient (Wildman–Crippen LogP) is 4.23. The molecule has 4 aromatic heterocycles. The number of carbonyl (C=O) groups excluding carboxylic acids is 5. The number of allylic oxidation sites excluding steroid dienone is 4. The summed E-state index contributed by atoms with van der Waals surface area (Å²) < 4.78 is 0.773. The number of aromatic nitrogens is 5. The first-order chi connectivity index (χ1) is 28.6. The van der Waals surface area contributed by atoms with Gasteiger partial charge in [0.15, 0.2) is 0 Å². The van der Waals surface area contributed by atoms with E-state index in [1.807, 2.05) is 0 Å². The van der Waals surface area contributed by atoms with Gasteiger partial charge in [-0.1, -0.05) is 24.3 Å². The molecule has 7 rings (SSSR count). The zero-order valence-corrected chi connectivity index (χ0v) is 30.4. The van der Waals surface area contributed by atoms with E-state index in [2.05, 4.69) is 35.9 Å². The van der Waals surface area contributed by atoms with Crippen molar-refractivity contribution in [1.82, 2.24) is 29.8 Å². The highest BCUT2D eigenvalue weighted by Crippen LogP contribution is 2.26. The van der Waals surface area contributed by atoms with Crippen LogP contribution in [0.2, 0.25) is 0 Å². The number of nitrogens with one attached hydrogen (secondary N) is 4. The van der Waals surface area contributed by atoms with Gasteiger partial charge in [0.2, 0.25) is 5.88 Å². The van der Waals surface area contributed by atoms with Crippen LogP contribution in [0.3, 0.4) is 0 Å². The van der Waals surface area contributed by atoms with Crippen LogP contribution in [0.15, 0.2) is 156 Å². The first-order valence-electron chi connectivity index (χ1n) is 17.5. The third-order valence-corrected chi connectivity index (χ3v) is 8.70. The molecule has 59 heavy (non-hydrogen) atoms. The number of nitrogens with zero attached hydrogens (tertiary/aromatic N) is 5. The largest absolute Gasteiger partial charge is 0.494 e. The number of imide groups is 2. The maximum atomic E-state index is 13.8. The Balaban J connectivity index is 1.19. The number of aromatic amines is 1. The van der Waals surface area contributed by atoms with Gasteiger partial charge in [0, 0.05) is 59.7 Å². The van der Waals surface area contributed by atoms with E-state index in [0.29, 0.717) is 22.3 Å². The molecule has 17 nitrogen and oxygen atoms in total. The Bertz CT molecular complexity index is 2850. The molecule has 1 aliphatic rings. The second-order valence-electron chi connectivity index (χ2n) is 12.5. The van der Waals surface area contributed by atoms with Crippen LogP contribution in [0.25, 0.3) is 17.3 Å². The summed E-state index contributed by atoms with van der Waals surface area (Å²) in [6.07, 6.45) is 14.0. The number of H-pyrrole nitrogens is 1. The highest BCUT2D eigenvalue weighted by molar-refractivity contribution is 6.37. The van der Waals surface area contributed by atoms with Gasteiger partial charge in [-0.3, -0.25) is 49.2 Å². The number of aromatic hydroxyl groups is 1. The maximum absolute atomic E-state index is 13.8. The first-order valence-corrected chi connectivity index (χ1v) is 17.5. The van der Waals surface area contributed by atoms with Crippen molar-refractivity contribution in [2.75, 3.05) is 15.5 Å². The predicted molar refractivity (Wildman–Crippen MR) is 216 cm³/mol. The number of urea groups is 1. The first kappa shape index (κ1) is 38.4. The molecule has 0 spiro atoms. The zero-order chi connectivity index (χ0) is 41.5. The van der Waals surface area contributed by atoms with Gasteiger partial charge in [-0.2, -0.15) is 0 Å². The van der Waals surface area contributed by atoms with E-state index >= 15 is 0 Å². The molecule has 1 aliphatic heterocycles. The summed E-state index contributed by atoms with van der Waals surface area (Å²) in [5.41, 5.74) is -0.480. The van der Waals surface area contributed by atoms with Crippen LogP contribution >= 0.6 is 0 Å². The van der Waals surface area contributed by atoms with Crippen molar-refractivity contribution < 1.29 is 29.1 Å². The summed E-state index contributed by atoms with van der Waals surface area (Å²) in [5.74, 6) is -3.59. The lowest BCUT2D eigenvalue weighted by atomic mass is 10.0. The summed E-state index contributed by atoms with van der Waals surface area (Å²) in [6.45, 7) is 0. The molecule has 5 heterocycles. The molecule has 0 saturated carbocycles. The number of rotatable bonds is 10. The Morgan fingerprint density at radius 2 is 1.20 bits per heavy atom. The standard InChI is InChI=1S/C42H29N9O8/c52-35(27-13-19-44-20-14-27)46-29-3-1-5-31(23-29)50-39(56)33(37(54)48-41(50)58)9-7-25(26-11-17-43-18-12-26)8-10-34-38(55)49-42(59)51(40(34)57)32-6-2-4-30(24-32)47-36(53)28-15-21-45-22-16-28/h1-24,54H,(H,46,52)(H,47,53)(H,48,58)(H,49,55,59)/b9-7+,25-8-,34-10-. The van der Waals surface area contributed by atoms with E-state index in [4.69, 9.17) is 0 Å². The fourth-order valence-electron chi connectivity index (χ4n) is 5.83. The van der Waals surface area contributed by atoms with Crippen molar-refractivity contribution in [3.8, 4) is 11.6 Å². The van der Waals surface area contributed by atoms with Crippen LogP contribution in [-0.4, -0.2) is 59.3 Å². The number of amides is 6. The summed E-state index contributed by atoms with van der Waals surface area (Å²) in [6, 6.07) is 20.2. The summed E-state index contributed by atoms with van der Waals surface area (Å²) in [5, 5.41) is 18.3. The topological polar surface area (TPSA) is 238 Å². The van der Waals surface area contributed by atoms with E-state index in [0.717, 1.165) is 9.47 Å². The summed E-state index contributed by atoms with van der Waals surface area (Å²) in [4.78, 5) is 107. The Morgan fingerprint density at radius 1 is 0.678 bits per heavy atom. The number of carbonyl (C=O) groups is 5. The minimum atomic E-state index is -1.01. The van der Waals surface area contributed by atoms with Crippen LogP contribution in [0, 0.1) is 0 Å². The number of benzene rings is 2. The average molecular weight is 788 g/mol. The van der Waals surface area contributed by atoms with Crippen LogP contribution < -0.4 is 32.1 Å². The van der Waals surface area contributed by atoms with Gasteiger partial charge in [-0.15, -0.1) is 0 Å². The molecular formula is C42H29N9O8. The molecule has 0 radical (unpaired) electrons. The Morgan fingerprint density at radius 3 is 1.78 bits per heavy atom. The molecule has 17 heteroatoms. The van der Waals surface area contributed by atoms with E-state index in [1.54, 1.807) is 24.3 Å². The second-order valence-corrected chi connectivity index (χ2v) is 12.5. The lowest BCUT2D eigenvalue weighted by Crippen LogP contribution is -2.54. The van der Waals surface area contributed by atoms with Crippen LogP contribution in [0.1, 0.15) is 31.8 Å². The van der Waals surface area contributed by atoms with Crippen LogP contribution in [0.4, 0.5) is 21.9 Å². The number of pyridine rings is 3. The SMILES string of the molecule is O=C1NC(=O)N(c2cccc(NC(=O)c3ccncc3)c2)C(=O)\C1=C/C=C(/C=C/c1c(O)[nH]c(=O)n(-c2cccc(NC(=O)c3ccncc3)c2)c1=O)c1ccncc1. The van der Waals surface area contributed by atoms with Crippen molar-refractivity contribution >= 4 is 58.4 Å². The van der Waals surface area contributed by atoms with Crippen LogP contribution in [-0.2, 0) is 9.59 Å². The molecule has 6 aromatic rings. The normalized spacial score (nSPS) is 13.7. The molecule has 1 fully saturated rings. The minimum Gasteiger partial charge on any atom is -0.494 e. The third-order valence-electron chi connectivity index (χ3n) is 8.70. The zero-order valence-electron chi connectivity index (χ0n) is 30.4. The highest BCUT2D eigenvalue weighted by atomic mass is 16.3. The van der Waals surface area contributed by atoms with E-state index in [-0.39, 0.29) is 28.3 Å². The Kier molecular flexibility index (Phi) is 11.0. The molecule has 290 valence electrons. The van der Waals surface area contributed by atoms with Crippen molar-refractivity contribution in [3.05, 3.63) is 189 Å². The average Bonchev–Trinajstić information content (AvgIpc) is 3.23. The smallest absolute Gasteiger partial charge is 0.335 e. The quantitative estimate of drug-likeness (QED) is 0.0748. The van der Waals surface area contributed by atoms with E-state index in [1.165, 1.54) is 122 Å². The summed E-state index contributed by atoms with van der Waals surface area (Å²) in [7, 11) is 0. The van der Waals surface area contributed by atoms with Crippen LogP contribution in [0.5, 0.6) is 5.88 Å². The molecule has 5 N–H and O–H groups in total. The van der Waals surface area contributed by atoms with Crippen molar-refractivity contribution in [3.63, 3.8) is 0 Å². The number of anilines is 3. The van der Waals surface area contributed by atoms with Gasteiger partial charge >= 0.3 is 11.7 Å². The summed E-state index contributed by atoms with van der Waals surface area (Å²) >= 11 is 0. The fraction of sp³-hybridized carbons (Fsp3) is 0. The van der Waals surface area contributed by atoms with Crippen molar-refractivity contribution in [1.29, 1.82) is 0 Å². The minimum absolute atomic E-state index is 0.0585. The molecule has 0 unspecified atom stereocenters. The lowest BCUT2D eigenvalue weighted by Gasteiger charge is -2.26. The Labute approximate surface area is 332 Å². The highest BCUT2D eigenvalue weighted by Gasteiger charge is 2.36. The number of hydrogen-bond acceptors (Lipinski definition) is 11. The second kappa shape index (κ2) is 16.9. The Hall–Kier alpha value is -8.86. The molecule has 0 bridgehead atoms. The van der Waals surface area contributed by atoms with Gasteiger partial charge < -0.3 is 15.7 Å². The molecule has 1 saturated heterocycles. The maximum Gasteiger partial charge on any atom is 0.335 e.